The molecular formula is C24H48N6O10. The van der Waals surface area contributed by atoms with Crippen LogP contribution in [0, 0.1) is 0 Å². The molecule has 0 rings (SSSR count). The van der Waals surface area contributed by atoms with E-state index >= 15 is 0 Å². The molecule has 0 aromatic rings. The minimum atomic E-state index is -1.09. The lowest BCUT2D eigenvalue weighted by atomic mass is 10.2. The van der Waals surface area contributed by atoms with Crippen molar-refractivity contribution in [3.05, 3.63) is 0 Å². The zero-order valence-electron chi connectivity index (χ0n) is 23.9. The number of rotatable bonds is 23. The van der Waals surface area contributed by atoms with Gasteiger partial charge in [0.05, 0.1) is 52.9 Å². The maximum absolute atomic E-state index is 11.7. The summed E-state index contributed by atoms with van der Waals surface area (Å²) < 4.78 is 26.3. The molecule has 0 fully saturated rings. The summed E-state index contributed by atoms with van der Waals surface area (Å²) >= 11 is 0. The fraction of sp³-hybridized carbons (Fsp3) is 0.833. The van der Waals surface area contributed by atoms with Gasteiger partial charge in [0.1, 0.15) is 5.60 Å². The van der Waals surface area contributed by atoms with Crippen molar-refractivity contribution in [2.75, 3.05) is 92.1 Å². The molecule has 234 valence electrons. The zero-order chi connectivity index (χ0) is 29.9. The minimum absolute atomic E-state index is 0.217. The molecule has 0 aromatic carbocycles. The number of unbranched alkanes of at least 4 members (excludes halogenated alkanes) is 1. The van der Waals surface area contributed by atoms with Crippen molar-refractivity contribution >= 4 is 24.2 Å². The predicted molar refractivity (Wildman–Crippen MR) is 146 cm³/mol. The Kier molecular flexibility index (Phi) is 23.0. The summed E-state index contributed by atoms with van der Waals surface area (Å²) in [4.78, 5) is 45.1. The van der Waals surface area contributed by atoms with E-state index in [-0.39, 0.29) is 25.2 Å². The van der Waals surface area contributed by atoms with Crippen molar-refractivity contribution in [3.63, 3.8) is 0 Å². The van der Waals surface area contributed by atoms with Crippen LogP contribution in [0.15, 0.2) is 0 Å². The molecule has 0 aromatic heterocycles. The Morgan fingerprint density at radius 2 is 0.875 bits per heavy atom. The van der Waals surface area contributed by atoms with Gasteiger partial charge < -0.3 is 60.7 Å². The summed E-state index contributed by atoms with van der Waals surface area (Å²) in [6, 6.07) is -0.589. The van der Waals surface area contributed by atoms with Crippen LogP contribution >= 0.6 is 0 Å². The summed E-state index contributed by atoms with van der Waals surface area (Å²) in [7, 11) is 0. The van der Waals surface area contributed by atoms with Crippen LogP contribution in [0.3, 0.4) is 0 Å². The molecule has 0 saturated carbocycles. The molecule has 7 N–H and O–H groups in total. The van der Waals surface area contributed by atoms with Crippen molar-refractivity contribution in [1.82, 2.24) is 31.9 Å². The van der Waals surface area contributed by atoms with Crippen LogP contribution in [0.2, 0.25) is 0 Å². The van der Waals surface area contributed by atoms with Gasteiger partial charge in [0.15, 0.2) is 0 Å². The van der Waals surface area contributed by atoms with Crippen molar-refractivity contribution in [2.24, 2.45) is 0 Å². The first-order valence-corrected chi connectivity index (χ1v) is 13.4. The Morgan fingerprint density at radius 1 is 0.525 bits per heavy atom. The van der Waals surface area contributed by atoms with Gasteiger partial charge >= 0.3 is 24.2 Å². The van der Waals surface area contributed by atoms with Crippen LogP contribution in [0.4, 0.5) is 19.2 Å². The lowest BCUT2D eigenvalue weighted by Crippen LogP contribution is -2.39. The summed E-state index contributed by atoms with van der Waals surface area (Å²) in [5.74, 6) is 0. The number of amides is 6. The standard InChI is InChI=1S/C24H48N6O10/c1-24(2,3)40-23(35)30-11-15-39-19-17-37-13-9-28-21(32)26-7-5-4-6-25-20(31)27-8-12-36-16-18-38-14-10-29-22(33)34/h29H,4-19H2,1-3H3,(H,30,35)(H,33,34)(H2,25,27,31)(H2,26,28,32). The summed E-state index contributed by atoms with van der Waals surface area (Å²) in [5.41, 5.74) is -0.537. The Bertz CT molecular complexity index is 694. The topological polar surface area (TPSA) is 207 Å². The number of hydrogen-bond donors (Lipinski definition) is 7. The monoisotopic (exact) mass is 580 g/mol. The lowest BCUT2D eigenvalue weighted by molar-refractivity contribution is 0.0405. The van der Waals surface area contributed by atoms with Crippen LogP contribution in [0.5, 0.6) is 0 Å². The highest BCUT2D eigenvalue weighted by molar-refractivity contribution is 5.74. The quantitative estimate of drug-likeness (QED) is 0.0818. The van der Waals surface area contributed by atoms with Gasteiger partial charge in [-0.3, -0.25) is 0 Å². The fourth-order valence-corrected chi connectivity index (χ4v) is 2.67. The molecule has 40 heavy (non-hydrogen) atoms. The highest BCUT2D eigenvalue weighted by atomic mass is 16.6. The minimum Gasteiger partial charge on any atom is -0.465 e. The average Bonchev–Trinajstić information content (AvgIpc) is 2.87. The molecular weight excluding hydrogens is 532 g/mol. The second-order valence-corrected chi connectivity index (χ2v) is 9.18. The molecule has 0 bridgehead atoms. The van der Waals surface area contributed by atoms with Crippen LogP contribution in [-0.2, 0) is 23.7 Å². The molecule has 0 aliphatic carbocycles. The Hall–Kier alpha value is -3.08. The van der Waals surface area contributed by atoms with Gasteiger partial charge in [-0.25, -0.2) is 19.2 Å². The Labute approximate surface area is 235 Å². The Morgan fingerprint density at radius 3 is 1.25 bits per heavy atom. The largest absolute Gasteiger partial charge is 0.465 e. The van der Waals surface area contributed by atoms with Gasteiger partial charge in [0.25, 0.3) is 0 Å². The van der Waals surface area contributed by atoms with E-state index in [0.717, 1.165) is 0 Å². The molecule has 0 atom stereocenters. The van der Waals surface area contributed by atoms with E-state index < -0.39 is 17.8 Å². The van der Waals surface area contributed by atoms with E-state index in [1.807, 2.05) is 0 Å². The average molecular weight is 581 g/mol. The van der Waals surface area contributed by atoms with E-state index in [9.17, 15) is 19.2 Å². The third kappa shape index (κ3) is 29.5. The second kappa shape index (κ2) is 24.9. The maximum atomic E-state index is 11.7. The van der Waals surface area contributed by atoms with E-state index in [0.29, 0.717) is 91.8 Å². The molecule has 0 saturated heterocycles. The first-order chi connectivity index (χ1) is 19.1. The predicted octanol–water partition coefficient (Wildman–Crippen LogP) is 0.224. The molecule has 0 aliphatic rings. The smallest absolute Gasteiger partial charge is 0.407 e. The van der Waals surface area contributed by atoms with Crippen LogP contribution in [0.1, 0.15) is 33.6 Å². The molecule has 0 aliphatic heterocycles. The van der Waals surface area contributed by atoms with E-state index in [2.05, 4.69) is 31.9 Å². The van der Waals surface area contributed by atoms with Gasteiger partial charge in [-0.2, -0.15) is 0 Å². The van der Waals surface area contributed by atoms with Gasteiger partial charge in [-0.05, 0) is 33.6 Å². The number of carbonyl (C=O) groups is 4. The number of ether oxygens (including phenoxy) is 5. The third-order valence-corrected chi connectivity index (χ3v) is 4.42. The molecule has 0 spiro atoms. The highest BCUT2D eigenvalue weighted by Gasteiger charge is 2.15. The molecule has 0 heterocycles. The third-order valence-electron chi connectivity index (χ3n) is 4.42. The molecule has 0 unspecified atom stereocenters. The van der Waals surface area contributed by atoms with Crippen molar-refractivity contribution in [3.8, 4) is 0 Å². The van der Waals surface area contributed by atoms with Crippen LogP contribution in [-0.4, -0.2) is 127 Å². The van der Waals surface area contributed by atoms with E-state index in [1.165, 1.54) is 0 Å². The van der Waals surface area contributed by atoms with Gasteiger partial charge in [0.2, 0.25) is 0 Å². The number of nitrogens with one attached hydrogen (secondary N) is 6. The SMILES string of the molecule is CC(C)(C)OC(=O)NCCOCCOCCNC(=O)NCCCCNC(=O)NCCOCCOCCNC(=O)O. The number of hydrogen-bond acceptors (Lipinski definition) is 9. The lowest BCUT2D eigenvalue weighted by Gasteiger charge is -2.19. The van der Waals surface area contributed by atoms with Crippen molar-refractivity contribution in [2.45, 2.75) is 39.2 Å². The summed E-state index contributed by atoms with van der Waals surface area (Å²) in [6.07, 6.45) is -0.170. The number of carboxylic acid groups (broad SMARTS) is 1. The first-order valence-electron chi connectivity index (χ1n) is 13.4. The molecule has 16 heteroatoms. The van der Waals surface area contributed by atoms with Gasteiger partial charge in [-0.1, -0.05) is 0 Å². The second-order valence-electron chi connectivity index (χ2n) is 9.18. The number of urea groups is 2. The molecule has 16 nitrogen and oxygen atoms in total. The number of carbonyl (C=O) groups excluding carboxylic acids is 3. The van der Waals surface area contributed by atoms with E-state index in [4.69, 9.17) is 28.8 Å². The summed E-state index contributed by atoms with van der Waals surface area (Å²) in [6.45, 7) is 10.3. The fourth-order valence-electron chi connectivity index (χ4n) is 2.67. The van der Waals surface area contributed by atoms with Crippen LogP contribution in [0.25, 0.3) is 0 Å². The highest BCUT2D eigenvalue weighted by Crippen LogP contribution is 2.06. The normalized spacial score (nSPS) is 10.9. The van der Waals surface area contributed by atoms with Crippen molar-refractivity contribution < 1.29 is 48.0 Å². The summed E-state index contributed by atoms with van der Waals surface area (Å²) in [5, 5.41) is 24.0. The zero-order valence-corrected chi connectivity index (χ0v) is 23.9. The van der Waals surface area contributed by atoms with Gasteiger partial charge in [0, 0.05) is 39.3 Å². The first kappa shape index (κ1) is 36.9. The molecule has 0 radical (unpaired) electrons. The Balaban J connectivity index is 3.35. The number of alkyl carbamates (subject to hydrolysis) is 1. The van der Waals surface area contributed by atoms with Crippen LogP contribution < -0.4 is 31.9 Å². The maximum Gasteiger partial charge on any atom is 0.407 e. The van der Waals surface area contributed by atoms with Gasteiger partial charge in [-0.15, -0.1) is 0 Å². The molecule has 6 amide bonds. The van der Waals surface area contributed by atoms with Crippen molar-refractivity contribution in [1.29, 1.82) is 0 Å². The van der Waals surface area contributed by atoms with E-state index in [1.54, 1.807) is 20.8 Å².